The van der Waals surface area contributed by atoms with Crippen LogP contribution in [0.25, 0.3) is 0 Å². The summed E-state index contributed by atoms with van der Waals surface area (Å²) in [7, 11) is 6.08. The third-order valence-electron chi connectivity index (χ3n) is 5.54. The predicted molar refractivity (Wildman–Crippen MR) is 121 cm³/mol. The lowest BCUT2D eigenvalue weighted by Gasteiger charge is -2.38. The van der Waals surface area contributed by atoms with Crippen LogP contribution in [0.5, 0.6) is 0 Å². The fourth-order valence-corrected chi connectivity index (χ4v) is 3.58. The molecular weight excluding hydrogens is 397 g/mol. The number of rotatable bonds is 6. The molecule has 8 heteroatoms. The van der Waals surface area contributed by atoms with E-state index in [1.807, 2.05) is 19.0 Å². The van der Waals surface area contributed by atoms with Crippen molar-refractivity contribution in [2.45, 2.75) is 6.04 Å². The van der Waals surface area contributed by atoms with E-state index >= 15 is 0 Å². The second kappa shape index (κ2) is 10.4. The number of benzene rings is 2. The van der Waals surface area contributed by atoms with Gasteiger partial charge in [0.15, 0.2) is 0 Å². The highest BCUT2D eigenvalue weighted by Gasteiger charge is 2.25. The van der Waals surface area contributed by atoms with E-state index in [0.29, 0.717) is 12.2 Å². The van der Waals surface area contributed by atoms with Gasteiger partial charge in [-0.15, -0.1) is 0 Å². The van der Waals surface area contributed by atoms with Crippen LogP contribution in [0.2, 0.25) is 0 Å². The maximum Gasteiger partial charge on any atom is 0.313 e. The smallest absolute Gasteiger partial charge is 0.313 e. The predicted octanol–water partition coefficient (Wildman–Crippen LogP) is 1.94. The lowest BCUT2D eigenvalue weighted by atomic mass is 10.0. The molecule has 0 aromatic heterocycles. The van der Waals surface area contributed by atoms with Gasteiger partial charge in [0, 0.05) is 58.2 Å². The molecule has 2 N–H and O–H groups in total. The average molecular weight is 428 g/mol. The van der Waals surface area contributed by atoms with Gasteiger partial charge in [-0.3, -0.25) is 14.5 Å². The van der Waals surface area contributed by atoms with E-state index < -0.39 is 17.6 Å². The van der Waals surface area contributed by atoms with Crippen molar-refractivity contribution < 1.29 is 14.0 Å². The Morgan fingerprint density at radius 1 is 0.968 bits per heavy atom. The number of nitrogens with one attached hydrogen (secondary N) is 2. The summed E-state index contributed by atoms with van der Waals surface area (Å²) in [6, 6.07) is 13.5. The molecule has 0 radical (unpaired) electrons. The summed E-state index contributed by atoms with van der Waals surface area (Å²) in [6.45, 7) is 3.99. The largest absolute Gasteiger partial charge is 0.378 e. The molecule has 0 aliphatic carbocycles. The molecule has 0 unspecified atom stereocenters. The second-order valence-corrected chi connectivity index (χ2v) is 8.01. The topological polar surface area (TPSA) is 67.9 Å². The molecule has 1 saturated heterocycles. The van der Waals surface area contributed by atoms with E-state index in [2.05, 4.69) is 51.7 Å². The Bertz CT molecular complexity index is 878. The third kappa shape index (κ3) is 6.26. The molecule has 2 aromatic carbocycles. The zero-order chi connectivity index (χ0) is 22.4. The van der Waals surface area contributed by atoms with Crippen molar-refractivity contribution in [1.82, 2.24) is 15.1 Å². The van der Waals surface area contributed by atoms with Gasteiger partial charge in [0.1, 0.15) is 5.82 Å². The van der Waals surface area contributed by atoms with Crippen molar-refractivity contribution in [2.24, 2.45) is 0 Å². The van der Waals surface area contributed by atoms with Gasteiger partial charge in [0.25, 0.3) is 0 Å². The Morgan fingerprint density at radius 2 is 1.58 bits per heavy atom. The first-order chi connectivity index (χ1) is 14.8. The minimum Gasteiger partial charge on any atom is -0.378 e. The Morgan fingerprint density at radius 3 is 2.16 bits per heavy atom. The van der Waals surface area contributed by atoms with Crippen LogP contribution in [-0.4, -0.2) is 75.5 Å². The number of amides is 2. The SMILES string of the molecule is CN1CCN([C@@H](CNC(=O)C(=O)Nc2ccc(F)cc2)c2ccc(N(C)C)cc2)CC1. The molecule has 2 amide bonds. The Labute approximate surface area is 182 Å². The van der Waals surface area contributed by atoms with Crippen molar-refractivity contribution in [2.75, 3.05) is 64.1 Å². The van der Waals surface area contributed by atoms with Crippen molar-refractivity contribution in [3.8, 4) is 0 Å². The summed E-state index contributed by atoms with van der Waals surface area (Å²) >= 11 is 0. The van der Waals surface area contributed by atoms with Crippen molar-refractivity contribution >= 4 is 23.2 Å². The zero-order valence-corrected chi connectivity index (χ0v) is 18.3. The normalized spacial score (nSPS) is 15.9. The zero-order valence-electron chi connectivity index (χ0n) is 18.3. The molecule has 1 aliphatic heterocycles. The van der Waals surface area contributed by atoms with Gasteiger partial charge < -0.3 is 20.4 Å². The molecule has 2 aromatic rings. The quantitative estimate of drug-likeness (QED) is 0.690. The molecule has 7 nitrogen and oxygen atoms in total. The fourth-order valence-electron chi connectivity index (χ4n) is 3.58. The van der Waals surface area contributed by atoms with E-state index in [9.17, 15) is 14.0 Å². The molecule has 3 rings (SSSR count). The maximum absolute atomic E-state index is 13.0. The number of halogens is 1. The number of piperazine rings is 1. The van der Waals surface area contributed by atoms with Gasteiger partial charge in [-0.25, -0.2) is 4.39 Å². The Balaban J connectivity index is 1.66. The van der Waals surface area contributed by atoms with Crippen molar-refractivity contribution in [3.05, 3.63) is 59.9 Å². The van der Waals surface area contributed by atoms with Crippen LogP contribution in [0.1, 0.15) is 11.6 Å². The monoisotopic (exact) mass is 427 g/mol. The lowest BCUT2D eigenvalue weighted by Crippen LogP contribution is -2.49. The number of hydrogen-bond acceptors (Lipinski definition) is 5. The molecule has 1 fully saturated rings. The molecular formula is C23H30FN5O2. The van der Waals surface area contributed by atoms with Gasteiger partial charge in [-0.2, -0.15) is 0 Å². The van der Waals surface area contributed by atoms with Gasteiger partial charge in [0.2, 0.25) is 0 Å². The minimum absolute atomic E-state index is 0.0347. The van der Waals surface area contributed by atoms with Crippen molar-refractivity contribution in [1.29, 1.82) is 0 Å². The second-order valence-electron chi connectivity index (χ2n) is 8.01. The molecule has 1 heterocycles. The van der Waals surface area contributed by atoms with E-state index in [1.54, 1.807) is 0 Å². The summed E-state index contributed by atoms with van der Waals surface area (Å²) in [4.78, 5) is 31.3. The minimum atomic E-state index is -0.772. The van der Waals surface area contributed by atoms with E-state index in [0.717, 1.165) is 37.4 Å². The van der Waals surface area contributed by atoms with Crippen LogP contribution in [0.4, 0.5) is 15.8 Å². The summed E-state index contributed by atoms with van der Waals surface area (Å²) in [5.74, 6) is -1.89. The van der Waals surface area contributed by atoms with Crippen LogP contribution >= 0.6 is 0 Å². The summed E-state index contributed by atoms with van der Waals surface area (Å²) in [5, 5.41) is 5.26. The van der Waals surface area contributed by atoms with Crippen LogP contribution in [0, 0.1) is 5.82 Å². The standard InChI is InChI=1S/C23H30FN5O2/c1-27(2)20-10-4-17(5-11-20)21(29-14-12-28(3)13-15-29)16-25-22(30)23(31)26-19-8-6-18(24)7-9-19/h4-11,21H,12-16H2,1-3H3,(H,25,30)(H,26,31)/t21-/m0/s1. The highest BCUT2D eigenvalue weighted by atomic mass is 19.1. The number of nitrogens with zero attached hydrogens (tertiary/aromatic N) is 3. The van der Waals surface area contributed by atoms with Crippen LogP contribution < -0.4 is 15.5 Å². The maximum atomic E-state index is 13.0. The van der Waals surface area contributed by atoms with Crippen LogP contribution in [-0.2, 0) is 9.59 Å². The Kier molecular flexibility index (Phi) is 7.59. The molecule has 1 aliphatic rings. The highest BCUT2D eigenvalue weighted by Crippen LogP contribution is 2.24. The van der Waals surface area contributed by atoms with Crippen LogP contribution in [0.3, 0.4) is 0 Å². The number of anilines is 2. The van der Waals surface area contributed by atoms with Gasteiger partial charge in [0.05, 0.1) is 6.04 Å². The van der Waals surface area contributed by atoms with Gasteiger partial charge in [-0.05, 0) is 49.0 Å². The van der Waals surface area contributed by atoms with E-state index in [-0.39, 0.29) is 6.04 Å². The van der Waals surface area contributed by atoms with Gasteiger partial charge >= 0.3 is 11.8 Å². The number of likely N-dealkylation sites (N-methyl/N-ethyl adjacent to an activating group) is 1. The van der Waals surface area contributed by atoms with Crippen molar-refractivity contribution in [3.63, 3.8) is 0 Å². The first kappa shape index (κ1) is 22.7. The fraction of sp³-hybridized carbons (Fsp3) is 0.391. The molecule has 1 atom stereocenters. The van der Waals surface area contributed by atoms with E-state index in [1.165, 1.54) is 24.3 Å². The molecule has 0 spiro atoms. The highest BCUT2D eigenvalue weighted by molar-refractivity contribution is 6.39. The summed E-state index contributed by atoms with van der Waals surface area (Å²) in [5.41, 5.74) is 2.56. The molecule has 31 heavy (non-hydrogen) atoms. The van der Waals surface area contributed by atoms with E-state index in [4.69, 9.17) is 0 Å². The molecule has 166 valence electrons. The van der Waals surface area contributed by atoms with Crippen LogP contribution in [0.15, 0.2) is 48.5 Å². The Hall–Kier alpha value is -2.97. The average Bonchev–Trinajstić information content (AvgIpc) is 2.76. The first-order valence-corrected chi connectivity index (χ1v) is 10.4. The summed E-state index contributed by atoms with van der Waals surface area (Å²) < 4.78 is 13.0. The number of hydrogen-bond donors (Lipinski definition) is 2. The first-order valence-electron chi connectivity index (χ1n) is 10.4. The van der Waals surface area contributed by atoms with Gasteiger partial charge in [-0.1, -0.05) is 12.1 Å². The summed E-state index contributed by atoms with van der Waals surface area (Å²) in [6.07, 6.45) is 0. The third-order valence-corrected chi connectivity index (χ3v) is 5.54. The lowest BCUT2D eigenvalue weighted by molar-refractivity contribution is -0.136. The number of carbonyl (C=O) groups excluding carboxylic acids is 2. The molecule has 0 saturated carbocycles. The molecule has 0 bridgehead atoms. The number of carbonyl (C=O) groups is 2.